The van der Waals surface area contributed by atoms with Gasteiger partial charge in [0.2, 0.25) is 0 Å². The van der Waals surface area contributed by atoms with Crippen LogP contribution in [0.3, 0.4) is 0 Å². The van der Waals surface area contributed by atoms with Crippen LogP contribution >= 0.6 is 7.92 Å². The number of para-hydroxylation sites is 1. The molecule has 5 rings (SSSR count). The third-order valence-electron chi connectivity index (χ3n) is 7.13. The van der Waals surface area contributed by atoms with Gasteiger partial charge < -0.3 is 4.57 Å². The molecule has 0 bridgehead atoms. The van der Waals surface area contributed by atoms with E-state index < -0.39 is 0 Å². The highest BCUT2D eigenvalue weighted by Crippen LogP contribution is 2.55. The first kappa shape index (κ1) is 19.4. The predicted molar refractivity (Wildman–Crippen MR) is 129 cm³/mol. The monoisotopic (exact) mass is 403 g/mol. The summed E-state index contributed by atoms with van der Waals surface area (Å²) in [4.78, 5) is 0. The maximum Gasteiger partial charge on any atom is 0.0534 e. The van der Waals surface area contributed by atoms with Gasteiger partial charge in [0.1, 0.15) is 0 Å². The summed E-state index contributed by atoms with van der Waals surface area (Å²) in [5, 5.41) is 1.42. The molecule has 0 amide bonds. The van der Waals surface area contributed by atoms with Crippen LogP contribution in [0.4, 0.5) is 0 Å². The summed E-state index contributed by atoms with van der Waals surface area (Å²) < 4.78 is 2.66. The molecule has 2 aromatic rings. The van der Waals surface area contributed by atoms with E-state index in [-0.39, 0.29) is 7.92 Å². The Balaban J connectivity index is 1.65. The highest BCUT2D eigenvalue weighted by Gasteiger charge is 2.34. The van der Waals surface area contributed by atoms with Crippen LogP contribution in [0, 0.1) is 0 Å². The van der Waals surface area contributed by atoms with E-state index in [1.54, 1.807) is 5.44 Å². The molecule has 0 radical (unpaired) electrons. The third kappa shape index (κ3) is 4.04. The molecule has 1 nitrogen and oxygen atoms in total. The molecule has 0 unspecified atom stereocenters. The summed E-state index contributed by atoms with van der Waals surface area (Å²) in [6, 6.07) is 11.7. The number of rotatable bonds is 4. The molecule has 29 heavy (non-hydrogen) atoms. The lowest BCUT2D eigenvalue weighted by molar-refractivity contribution is 0.486. The van der Waals surface area contributed by atoms with Crippen molar-refractivity contribution in [2.24, 2.45) is 0 Å². The maximum absolute atomic E-state index is 2.66. The Hall–Kier alpha value is -1.59. The Bertz CT molecular complexity index is 901. The van der Waals surface area contributed by atoms with Crippen LogP contribution in [0.5, 0.6) is 0 Å². The lowest BCUT2D eigenvalue weighted by Crippen LogP contribution is -2.29. The summed E-state index contributed by atoms with van der Waals surface area (Å²) >= 11 is 0. The van der Waals surface area contributed by atoms with Crippen molar-refractivity contribution in [1.29, 1.82) is 0 Å². The fourth-order valence-electron chi connectivity index (χ4n) is 5.73. The Morgan fingerprint density at radius 2 is 1.48 bits per heavy atom. The molecule has 0 saturated heterocycles. The normalized spacial score (nSPS) is 21.6. The van der Waals surface area contributed by atoms with E-state index in [0.29, 0.717) is 0 Å². The first-order chi connectivity index (χ1) is 14.4. The average molecular weight is 404 g/mol. The van der Waals surface area contributed by atoms with Gasteiger partial charge in [-0.05, 0) is 61.6 Å². The van der Waals surface area contributed by atoms with Crippen molar-refractivity contribution in [3.05, 3.63) is 60.7 Å². The van der Waals surface area contributed by atoms with Crippen molar-refractivity contribution in [2.75, 3.05) is 0 Å². The Labute approximate surface area is 177 Å². The van der Waals surface area contributed by atoms with Gasteiger partial charge in [-0.1, -0.05) is 88.9 Å². The van der Waals surface area contributed by atoms with Gasteiger partial charge in [-0.15, -0.1) is 0 Å². The zero-order valence-electron chi connectivity index (χ0n) is 17.6. The second-order valence-corrected chi connectivity index (χ2v) is 11.8. The second kappa shape index (κ2) is 9.05. The second-order valence-electron chi connectivity index (χ2n) is 9.04. The van der Waals surface area contributed by atoms with Gasteiger partial charge in [-0.3, -0.25) is 0 Å². The molecule has 3 aliphatic rings. The maximum atomic E-state index is 2.66. The number of hydrogen-bond acceptors (Lipinski definition) is 0. The molecule has 2 heteroatoms. The van der Waals surface area contributed by atoms with E-state index in [4.69, 9.17) is 0 Å². The third-order valence-corrected chi connectivity index (χ3v) is 10.6. The fraction of sp³-hybridized carbons (Fsp3) is 0.481. The van der Waals surface area contributed by atoms with Gasteiger partial charge >= 0.3 is 0 Å². The minimum Gasteiger partial charge on any atom is -0.310 e. The lowest BCUT2D eigenvalue weighted by atomic mass is 9.99. The SMILES string of the molecule is C1=CCC=C(n2c(P(C3CCCCC3)C3CCCCC3)cc3ccccc32)C=C1. The van der Waals surface area contributed by atoms with E-state index in [9.17, 15) is 0 Å². The van der Waals surface area contributed by atoms with Gasteiger partial charge in [0.05, 0.1) is 5.52 Å². The zero-order chi connectivity index (χ0) is 19.5. The topological polar surface area (TPSA) is 4.93 Å². The van der Waals surface area contributed by atoms with E-state index >= 15 is 0 Å². The molecule has 0 spiro atoms. The van der Waals surface area contributed by atoms with Crippen molar-refractivity contribution in [3.8, 4) is 0 Å². The van der Waals surface area contributed by atoms with Gasteiger partial charge in [-0.2, -0.15) is 0 Å². The Kier molecular flexibility index (Phi) is 6.05. The Morgan fingerprint density at radius 3 is 2.21 bits per heavy atom. The molecule has 1 heterocycles. The highest BCUT2D eigenvalue weighted by atomic mass is 31.1. The van der Waals surface area contributed by atoms with E-state index in [0.717, 1.165) is 17.7 Å². The van der Waals surface area contributed by atoms with Gasteiger partial charge in [-0.25, -0.2) is 0 Å². The van der Waals surface area contributed by atoms with Crippen LogP contribution in [0.25, 0.3) is 16.6 Å². The van der Waals surface area contributed by atoms with Crippen molar-refractivity contribution in [3.63, 3.8) is 0 Å². The van der Waals surface area contributed by atoms with Gasteiger partial charge in [0, 0.05) is 16.5 Å². The molecule has 1 aromatic carbocycles. The van der Waals surface area contributed by atoms with Crippen molar-refractivity contribution in [1.82, 2.24) is 4.57 Å². The molecule has 152 valence electrons. The molecule has 0 aliphatic heterocycles. The number of benzene rings is 1. The number of aromatic nitrogens is 1. The predicted octanol–water partition coefficient (Wildman–Crippen LogP) is 7.77. The van der Waals surface area contributed by atoms with Crippen LogP contribution in [0.15, 0.2) is 60.7 Å². The van der Waals surface area contributed by atoms with Crippen molar-refractivity contribution in [2.45, 2.75) is 81.9 Å². The van der Waals surface area contributed by atoms with Gasteiger partial charge in [0.15, 0.2) is 0 Å². The van der Waals surface area contributed by atoms with Gasteiger partial charge in [0.25, 0.3) is 0 Å². The summed E-state index contributed by atoms with van der Waals surface area (Å²) in [5.74, 6) is 0. The quantitative estimate of drug-likeness (QED) is 0.460. The molecule has 2 fully saturated rings. The summed E-state index contributed by atoms with van der Waals surface area (Å²) in [5.41, 5.74) is 6.30. The average Bonchev–Trinajstić information content (AvgIpc) is 2.95. The molecule has 3 aliphatic carbocycles. The molecular formula is C27H34NP. The summed E-state index contributed by atoms with van der Waals surface area (Å²) in [6.45, 7) is 0. The fourth-order valence-corrected chi connectivity index (χ4v) is 9.66. The van der Waals surface area contributed by atoms with Crippen LogP contribution in [-0.2, 0) is 0 Å². The van der Waals surface area contributed by atoms with Crippen molar-refractivity contribution >= 4 is 30.0 Å². The van der Waals surface area contributed by atoms with E-state index in [2.05, 4.69) is 65.3 Å². The Morgan fingerprint density at radius 1 is 0.793 bits per heavy atom. The number of nitrogens with zero attached hydrogens (tertiary/aromatic N) is 1. The molecule has 1 aromatic heterocycles. The number of hydrogen-bond donors (Lipinski definition) is 0. The first-order valence-corrected chi connectivity index (χ1v) is 13.3. The highest BCUT2D eigenvalue weighted by molar-refractivity contribution is 7.66. The number of allylic oxidation sites excluding steroid dienone is 6. The molecule has 0 N–H and O–H groups in total. The smallest absolute Gasteiger partial charge is 0.0534 e. The number of fused-ring (bicyclic) bond motifs is 1. The van der Waals surface area contributed by atoms with Crippen LogP contribution < -0.4 is 5.44 Å². The molecular weight excluding hydrogens is 369 g/mol. The van der Waals surface area contributed by atoms with Crippen LogP contribution in [-0.4, -0.2) is 15.9 Å². The molecule has 2 saturated carbocycles. The lowest BCUT2D eigenvalue weighted by Gasteiger charge is -2.39. The minimum atomic E-state index is -0.125. The zero-order valence-corrected chi connectivity index (χ0v) is 18.5. The van der Waals surface area contributed by atoms with Crippen LogP contribution in [0.2, 0.25) is 0 Å². The minimum absolute atomic E-state index is 0.125. The first-order valence-electron chi connectivity index (χ1n) is 11.8. The van der Waals surface area contributed by atoms with E-state index in [1.807, 2.05) is 0 Å². The summed E-state index contributed by atoms with van der Waals surface area (Å²) in [6.07, 6.45) is 27.0. The van der Waals surface area contributed by atoms with E-state index in [1.165, 1.54) is 80.8 Å². The molecule has 0 atom stereocenters. The van der Waals surface area contributed by atoms with Crippen molar-refractivity contribution < 1.29 is 0 Å². The van der Waals surface area contributed by atoms with Crippen LogP contribution in [0.1, 0.15) is 70.6 Å². The standard InChI is InChI=1S/C27H34NP/c1-2-6-15-23(14-5-1)28-26-20-12-11-13-22(26)21-27(28)29(24-16-7-3-8-17-24)25-18-9-4-10-19-25/h1-2,5,11-15,20-21,24-25H,3-4,6-10,16-19H2. The summed E-state index contributed by atoms with van der Waals surface area (Å²) in [7, 11) is -0.125. The largest absolute Gasteiger partial charge is 0.310 e.